The molecule has 21 heavy (non-hydrogen) atoms. The molecule has 2 nitrogen and oxygen atoms in total. The molecule has 0 amide bonds. The van der Waals surface area contributed by atoms with Crippen molar-refractivity contribution in [3.05, 3.63) is 34.9 Å². The van der Waals surface area contributed by atoms with Crippen LogP contribution in [-0.2, 0) is 17.1 Å². The highest BCUT2D eigenvalue weighted by Gasteiger charge is 2.39. The molecule has 0 bridgehead atoms. The van der Waals surface area contributed by atoms with E-state index in [9.17, 15) is 26.3 Å². The van der Waals surface area contributed by atoms with Gasteiger partial charge in [-0.1, -0.05) is 0 Å². The van der Waals surface area contributed by atoms with Crippen molar-refractivity contribution >= 4 is 0 Å². The van der Waals surface area contributed by atoms with Crippen LogP contribution in [0.4, 0.5) is 26.3 Å². The highest BCUT2D eigenvalue weighted by molar-refractivity contribution is 5.35. The molecule has 1 aliphatic rings. The molecule has 2 rings (SSSR count). The van der Waals surface area contributed by atoms with Gasteiger partial charge in [0, 0.05) is 12.5 Å². The standard InChI is InChI=1S/C13H13F6NO/c14-12(15,16)9-3-8(4-10(5-9)13(17,18)19)11-7(6-20)1-2-21-11/h3-5,7,11H,1-2,6,20H2. The van der Waals surface area contributed by atoms with E-state index in [0.29, 0.717) is 18.6 Å². The van der Waals surface area contributed by atoms with Gasteiger partial charge >= 0.3 is 12.4 Å². The van der Waals surface area contributed by atoms with Crippen LogP contribution in [-0.4, -0.2) is 13.2 Å². The van der Waals surface area contributed by atoms with Gasteiger partial charge in [-0.3, -0.25) is 0 Å². The van der Waals surface area contributed by atoms with E-state index in [2.05, 4.69) is 0 Å². The molecule has 1 aromatic carbocycles. The number of ether oxygens (including phenoxy) is 1. The van der Waals surface area contributed by atoms with Crippen LogP contribution in [0, 0.1) is 5.92 Å². The molecule has 1 saturated heterocycles. The third kappa shape index (κ3) is 3.49. The Morgan fingerprint density at radius 3 is 1.95 bits per heavy atom. The van der Waals surface area contributed by atoms with Gasteiger partial charge in [-0.05, 0) is 36.7 Å². The predicted molar refractivity (Wildman–Crippen MR) is 62.3 cm³/mol. The predicted octanol–water partition coefficient (Wildman–Crippen LogP) is 3.76. The molecule has 0 spiro atoms. The second-order valence-electron chi connectivity index (χ2n) is 4.92. The van der Waals surface area contributed by atoms with Crippen molar-refractivity contribution in [2.45, 2.75) is 24.9 Å². The van der Waals surface area contributed by atoms with Crippen LogP contribution >= 0.6 is 0 Å². The van der Waals surface area contributed by atoms with E-state index in [4.69, 9.17) is 10.5 Å². The zero-order valence-corrected chi connectivity index (χ0v) is 10.8. The first-order valence-electron chi connectivity index (χ1n) is 6.24. The van der Waals surface area contributed by atoms with Gasteiger partial charge in [-0.2, -0.15) is 26.3 Å². The normalized spacial score (nSPS) is 23.6. The van der Waals surface area contributed by atoms with Gasteiger partial charge in [0.05, 0.1) is 17.2 Å². The smallest absolute Gasteiger partial charge is 0.373 e. The minimum absolute atomic E-state index is 0.107. The molecule has 2 N–H and O–H groups in total. The summed E-state index contributed by atoms with van der Waals surface area (Å²) in [4.78, 5) is 0. The second-order valence-corrected chi connectivity index (χ2v) is 4.92. The van der Waals surface area contributed by atoms with Crippen molar-refractivity contribution in [3.63, 3.8) is 0 Å². The maximum atomic E-state index is 12.8. The quantitative estimate of drug-likeness (QED) is 0.844. The Bertz CT molecular complexity index is 478. The zero-order chi connectivity index (χ0) is 15.8. The summed E-state index contributed by atoms with van der Waals surface area (Å²) in [5.41, 5.74) is 2.68. The molecule has 1 aromatic rings. The van der Waals surface area contributed by atoms with E-state index in [1.54, 1.807) is 0 Å². The lowest BCUT2D eigenvalue weighted by Gasteiger charge is -2.20. The minimum atomic E-state index is -4.85. The van der Waals surface area contributed by atoms with Gasteiger partial charge in [0.1, 0.15) is 0 Å². The second kappa shape index (κ2) is 5.49. The highest BCUT2D eigenvalue weighted by atomic mass is 19.4. The summed E-state index contributed by atoms with van der Waals surface area (Å²) in [6.07, 6.45) is -10.0. The number of hydrogen-bond donors (Lipinski definition) is 1. The minimum Gasteiger partial charge on any atom is -0.373 e. The molecule has 0 radical (unpaired) electrons. The summed E-state index contributed by atoms with van der Waals surface area (Å²) < 4.78 is 81.9. The number of nitrogens with two attached hydrogens (primary N) is 1. The van der Waals surface area contributed by atoms with E-state index >= 15 is 0 Å². The lowest BCUT2D eigenvalue weighted by molar-refractivity contribution is -0.143. The van der Waals surface area contributed by atoms with E-state index in [1.165, 1.54) is 0 Å². The molecular formula is C13H13F6NO. The van der Waals surface area contributed by atoms with E-state index in [0.717, 1.165) is 0 Å². The lowest BCUT2D eigenvalue weighted by atomic mass is 9.92. The summed E-state index contributed by atoms with van der Waals surface area (Å²) in [6, 6.07) is 1.51. The van der Waals surface area contributed by atoms with Crippen LogP contribution < -0.4 is 5.73 Å². The number of hydrogen-bond acceptors (Lipinski definition) is 2. The maximum Gasteiger partial charge on any atom is 0.416 e. The van der Waals surface area contributed by atoms with Gasteiger partial charge in [-0.25, -0.2) is 0 Å². The van der Waals surface area contributed by atoms with Crippen molar-refractivity contribution in [2.75, 3.05) is 13.2 Å². The highest BCUT2D eigenvalue weighted by Crippen LogP contribution is 2.41. The first-order chi connectivity index (χ1) is 9.63. The van der Waals surface area contributed by atoms with Crippen LogP contribution in [0.25, 0.3) is 0 Å². The fourth-order valence-corrected chi connectivity index (χ4v) is 2.39. The summed E-state index contributed by atoms with van der Waals surface area (Å²) in [5, 5.41) is 0. The lowest BCUT2D eigenvalue weighted by Crippen LogP contribution is -2.19. The molecule has 1 heterocycles. The summed E-state index contributed by atoms with van der Waals surface area (Å²) in [7, 11) is 0. The molecular weight excluding hydrogens is 300 g/mol. The van der Waals surface area contributed by atoms with Crippen molar-refractivity contribution in [1.29, 1.82) is 0 Å². The topological polar surface area (TPSA) is 35.2 Å². The van der Waals surface area contributed by atoms with E-state index < -0.39 is 29.6 Å². The Morgan fingerprint density at radius 2 is 1.52 bits per heavy atom. The third-order valence-electron chi connectivity index (χ3n) is 3.46. The average molecular weight is 313 g/mol. The average Bonchev–Trinajstić information content (AvgIpc) is 2.84. The SMILES string of the molecule is NCC1CCOC1c1cc(C(F)(F)F)cc(C(F)(F)F)c1. The number of halogens is 6. The van der Waals surface area contributed by atoms with Crippen molar-refractivity contribution in [2.24, 2.45) is 11.7 Å². The zero-order valence-electron chi connectivity index (χ0n) is 10.8. The van der Waals surface area contributed by atoms with Gasteiger partial charge in [0.2, 0.25) is 0 Å². The summed E-state index contributed by atoms with van der Waals surface area (Å²) in [6.45, 7) is 0.409. The fraction of sp³-hybridized carbons (Fsp3) is 0.538. The van der Waals surface area contributed by atoms with Crippen LogP contribution in [0.3, 0.4) is 0 Å². The molecule has 1 fully saturated rings. The van der Waals surface area contributed by atoms with Gasteiger partial charge in [0.15, 0.2) is 0 Å². The van der Waals surface area contributed by atoms with Crippen LogP contribution in [0.5, 0.6) is 0 Å². The van der Waals surface area contributed by atoms with Gasteiger partial charge in [0.25, 0.3) is 0 Å². The molecule has 8 heteroatoms. The largest absolute Gasteiger partial charge is 0.416 e. The molecule has 1 aliphatic heterocycles. The molecule has 0 saturated carbocycles. The van der Waals surface area contributed by atoms with Crippen molar-refractivity contribution in [3.8, 4) is 0 Å². The third-order valence-corrected chi connectivity index (χ3v) is 3.46. The Balaban J connectivity index is 2.50. The monoisotopic (exact) mass is 313 g/mol. The summed E-state index contributed by atoms with van der Waals surface area (Å²) in [5.74, 6) is -0.283. The Kier molecular flexibility index (Phi) is 4.21. The summed E-state index contributed by atoms with van der Waals surface area (Å²) >= 11 is 0. The van der Waals surface area contributed by atoms with E-state index in [-0.39, 0.29) is 30.7 Å². The van der Waals surface area contributed by atoms with E-state index in [1.807, 2.05) is 0 Å². The molecule has 0 aliphatic carbocycles. The molecule has 118 valence electrons. The first-order valence-corrected chi connectivity index (χ1v) is 6.24. The molecule has 2 unspecified atom stereocenters. The number of alkyl halides is 6. The van der Waals surface area contributed by atoms with Crippen LogP contribution in [0.2, 0.25) is 0 Å². The van der Waals surface area contributed by atoms with Crippen molar-refractivity contribution in [1.82, 2.24) is 0 Å². The van der Waals surface area contributed by atoms with Crippen molar-refractivity contribution < 1.29 is 31.1 Å². The fourth-order valence-electron chi connectivity index (χ4n) is 2.39. The Hall–Kier alpha value is -1.28. The van der Waals surface area contributed by atoms with Gasteiger partial charge in [-0.15, -0.1) is 0 Å². The van der Waals surface area contributed by atoms with Gasteiger partial charge < -0.3 is 10.5 Å². The maximum absolute atomic E-state index is 12.8. The number of rotatable bonds is 2. The Morgan fingerprint density at radius 1 is 1.00 bits per heavy atom. The van der Waals surface area contributed by atoms with Crippen LogP contribution in [0.1, 0.15) is 29.2 Å². The first kappa shape index (κ1) is 16.1. The van der Waals surface area contributed by atoms with Crippen LogP contribution in [0.15, 0.2) is 18.2 Å². The number of benzene rings is 1. The molecule has 2 atom stereocenters. The Labute approximate surface area is 116 Å². The molecule has 0 aromatic heterocycles.